The van der Waals surface area contributed by atoms with Crippen LogP contribution in [0.4, 0.5) is 0 Å². The van der Waals surface area contributed by atoms with Gasteiger partial charge in [-0.2, -0.15) is 0 Å². The first-order chi connectivity index (χ1) is 30.7. The molecule has 8 aromatic carbocycles. The third kappa shape index (κ3) is 4.30. The molecule has 0 radical (unpaired) electrons. The Balaban J connectivity index is 1.04. The van der Waals surface area contributed by atoms with E-state index in [0.717, 1.165) is 101 Å². The van der Waals surface area contributed by atoms with Crippen LogP contribution in [0, 0.1) is 12.3 Å². The summed E-state index contributed by atoms with van der Waals surface area (Å²) in [7, 11) is 0. The number of aromatic nitrogens is 8. The van der Waals surface area contributed by atoms with Crippen LogP contribution >= 0.6 is 0 Å². The van der Waals surface area contributed by atoms with Gasteiger partial charge in [-0.15, -0.1) is 6.42 Å². The third-order valence-corrected chi connectivity index (χ3v) is 12.6. The minimum Gasteiger partial charge on any atom is -0.295 e. The maximum atomic E-state index is 5.87. The van der Waals surface area contributed by atoms with Crippen molar-refractivity contribution in [2.45, 2.75) is 0 Å². The van der Waals surface area contributed by atoms with E-state index in [1.54, 1.807) is 0 Å². The number of rotatable bonds is 4. The molecule has 0 spiro atoms. The molecule has 0 aliphatic carbocycles. The molecule has 0 N–H and O–H groups in total. The minimum absolute atomic E-state index is 0.827. The van der Waals surface area contributed by atoms with E-state index < -0.39 is 0 Å². The third-order valence-electron chi connectivity index (χ3n) is 12.6. The topological polar surface area (TPSA) is 54.3 Å². The molecule has 0 saturated carbocycles. The van der Waals surface area contributed by atoms with Crippen molar-refractivity contribution in [3.63, 3.8) is 0 Å². The monoisotopic (exact) mass is 792 g/mol. The van der Waals surface area contributed by atoms with Crippen molar-refractivity contribution < 1.29 is 0 Å². The average molecular weight is 793 g/mol. The lowest BCUT2D eigenvalue weighted by Gasteiger charge is -2.15. The first-order valence-corrected chi connectivity index (χ1v) is 20.7. The summed E-state index contributed by atoms with van der Waals surface area (Å²) >= 11 is 0. The minimum atomic E-state index is 0.827. The van der Waals surface area contributed by atoms with Crippen LogP contribution in [0.25, 0.3) is 111 Å². The summed E-state index contributed by atoms with van der Waals surface area (Å²) in [5.41, 5.74) is 16.6. The number of hydrogen-bond acceptors (Lipinski definition) is 2. The van der Waals surface area contributed by atoms with Gasteiger partial charge in [0, 0.05) is 33.1 Å². The Morgan fingerprint density at radius 3 is 1.34 bits per heavy atom. The number of benzene rings is 8. The van der Waals surface area contributed by atoms with Gasteiger partial charge in [-0.05, 0) is 103 Å². The number of fused-ring (bicyclic) bond motifs is 15. The normalized spacial score (nSPS) is 12.2. The van der Waals surface area contributed by atoms with Crippen molar-refractivity contribution >= 4 is 88.5 Å². The fourth-order valence-corrected chi connectivity index (χ4v) is 10.1. The van der Waals surface area contributed by atoms with Crippen molar-refractivity contribution in [3.05, 3.63) is 194 Å². The Kier molecular flexibility index (Phi) is 6.47. The highest BCUT2D eigenvalue weighted by Crippen LogP contribution is 2.42. The Bertz CT molecular complexity index is 4250. The molecule has 0 aliphatic rings. The molecule has 8 nitrogen and oxygen atoms in total. The molecule has 288 valence electrons. The van der Waals surface area contributed by atoms with Gasteiger partial charge in [0.15, 0.2) is 0 Å². The van der Waals surface area contributed by atoms with E-state index in [9.17, 15) is 0 Å². The van der Waals surface area contributed by atoms with Gasteiger partial charge in [0.05, 0.1) is 66.5 Å². The lowest BCUT2D eigenvalue weighted by atomic mass is 10.1. The number of para-hydroxylation sites is 8. The zero-order valence-corrected chi connectivity index (χ0v) is 33.1. The van der Waals surface area contributed by atoms with Crippen molar-refractivity contribution in [2.75, 3.05) is 0 Å². The number of hydrogen-bond donors (Lipinski definition) is 0. The first-order valence-electron chi connectivity index (χ1n) is 20.7. The standard InChI is InChI=1S/C54H32N8/c1-2-34-29-30-42-50(31-34)62-49-28-12-10-26-47(49)60(54(62)56-42)38-18-14-16-36(33-38)58-44-23-7-4-20-40(44)51-39-19-3-6-22-43(39)57(52(51)58)35-15-13-17-37(32-35)59-46-25-9-11-27-48(46)61-45-24-8-5-21-41(45)55-53(59)61/h1,3-33H. The largest absolute Gasteiger partial charge is 0.295 e. The predicted molar refractivity (Wildman–Crippen MR) is 252 cm³/mol. The second kappa shape index (κ2) is 12.1. The summed E-state index contributed by atoms with van der Waals surface area (Å²) in [6, 6.07) is 66.6. The van der Waals surface area contributed by atoms with E-state index in [-0.39, 0.29) is 0 Å². The van der Waals surface area contributed by atoms with Crippen LogP contribution in [0.1, 0.15) is 5.56 Å². The molecular weight excluding hydrogens is 761 g/mol. The molecule has 6 aromatic heterocycles. The molecule has 14 rings (SSSR count). The highest BCUT2D eigenvalue weighted by molar-refractivity contribution is 6.22. The molecule has 14 aromatic rings. The molecule has 6 heterocycles. The molecule has 0 atom stereocenters. The fourth-order valence-electron chi connectivity index (χ4n) is 10.1. The summed E-state index contributed by atoms with van der Waals surface area (Å²) in [6.45, 7) is 0. The van der Waals surface area contributed by atoms with Gasteiger partial charge in [-0.1, -0.05) is 90.8 Å². The van der Waals surface area contributed by atoms with Gasteiger partial charge in [0.2, 0.25) is 11.6 Å². The van der Waals surface area contributed by atoms with Crippen LogP contribution in [0.2, 0.25) is 0 Å². The number of imidazole rings is 4. The molecular formula is C54H32N8. The molecule has 0 saturated heterocycles. The Morgan fingerprint density at radius 1 is 0.355 bits per heavy atom. The van der Waals surface area contributed by atoms with E-state index in [1.165, 1.54) is 16.2 Å². The smallest absolute Gasteiger partial charge is 0.220 e. The van der Waals surface area contributed by atoms with Crippen molar-refractivity contribution in [3.8, 4) is 35.1 Å². The van der Waals surface area contributed by atoms with Gasteiger partial charge < -0.3 is 0 Å². The summed E-state index contributed by atoms with van der Waals surface area (Å²) < 4.78 is 13.9. The van der Waals surface area contributed by atoms with Crippen LogP contribution in [-0.4, -0.2) is 37.0 Å². The number of nitrogens with zero attached hydrogens (tertiary/aromatic N) is 8. The summed E-state index contributed by atoms with van der Waals surface area (Å²) in [6.07, 6.45) is 5.87. The highest BCUT2D eigenvalue weighted by atomic mass is 15.2. The Hall–Kier alpha value is -8.80. The molecule has 0 aliphatic heterocycles. The maximum absolute atomic E-state index is 5.87. The van der Waals surface area contributed by atoms with Crippen LogP contribution in [0.15, 0.2) is 188 Å². The van der Waals surface area contributed by atoms with Crippen molar-refractivity contribution in [1.29, 1.82) is 0 Å². The number of terminal acetylenes is 1. The Labute approximate surface area is 353 Å². The van der Waals surface area contributed by atoms with Crippen LogP contribution in [-0.2, 0) is 0 Å². The SMILES string of the molecule is C#Cc1ccc2nc3n(-c4cccc(-n5c6ccccc6c6c7ccccc7n(-c7cccc(-n8c9ccccc9n9c%10ccccc%10nc89)c7)c65)c4)c4ccccc4n3c2c1. The lowest BCUT2D eigenvalue weighted by molar-refractivity contribution is 1.05. The maximum Gasteiger partial charge on any atom is 0.220 e. The van der Waals surface area contributed by atoms with Crippen LogP contribution in [0.3, 0.4) is 0 Å². The molecule has 0 fully saturated rings. The zero-order chi connectivity index (χ0) is 40.6. The lowest BCUT2D eigenvalue weighted by Crippen LogP contribution is -2.04. The van der Waals surface area contributed by atoms with Crippen LogP contribution in [0.5, 0.6) is 0 Å². The highest BCUT2D eigenvalue weighted by Gasteiger charge is 2.24. The zero-order valence-electron chi connectivity index (χ0n) is 33.1. The summed E-state index contributed by atoms with van der Waals surface area (Å²) in [5.74, 6) is 4.52. The van der Waals surface area contributed by atoms with Gasteiger partial charge in [0.1, 0.15) is 5.65 Å². The van der Waals surface area contributed by atoms with Gasteiger partial charge in [-0.25, -0.2) is 9.97 Å². The van der Waals surface area contributed by atoms with E-state index >= 15 is 0 Å². The van der Waals surface area contributed by atoms with Crippen molar-refractivity contribution in [1.82, 2.24) is 37.0 Å². The van der Waals surface area contributed by atoms with Gasteiger partial charge >= 0.3 is 0 Å². The average Bonchev–Trinajstić information content (AvgIpc) is 4.16. The van der Waals surface area contributed by atoms with E-state index in [1.807, 2.05) is 12.1 Å². The Morgan fingerprint density at radius 2 is 0.790 bits per heavy atom. The van der Waals surface area contributed by atoms with Gasteiger partial charge in [0.25, 0.3) is 0 Å². The second-order valence-corrected chi connectivity index (χ2v) is 15.9. The van der Waals surface area contributed by atoms with Crippen LogP contribution < -0.4 is 0 Å². The molecule has 0 amide bonds. The summed E-state index contributed by atoms with van der Waals surface area (Å²) in [5, 5.41) is 3.60. The van der Waals surface area contributed by atoms with E-state index in [0.29, 0.717) is 0 Å². The second-order valence-electron chi connectivity index (χ2n) is 15.9. The first kappa shape index (κ1) is 33.1. The fraction of sp³-hybridized carbons (Fsp3) is 0. The predicted octanol–water partition coefficient (Wildman–Crippen LogP) is 12.2. The molecule has 62 heavy (non-hydrogen) atoms. The van der Waals surface area contributed by atoms with E-state index in [4.69, 9.17) is 16.4 Å². The molecule has 0 bridgehead atoms. The summed E-state index contributed by atoms with van der Waals surface area (Å²) in [4.78, 5) is 10.4. The van der Waals surface area contributed by atoms with Crippen molar-refractivity contribution in [2.24, 2.45) is 0 Å². The quantitative estimate of drug-likeness (QED) is 0.167. The molecule has 0 unspecified atom stereocenters. The van der Waals surface area contributed by atoms with E-state index in [2.05, 4.69) is 209 Å². The van der Waals surface area contributed by atoms with Gasteiger partial charge in [-0.3, -0.25) is 27.1 Å². The molecule has 8 heteroatoms.